The Kier molecular flexibility index (Phi) is 2.19. The van der Waals surface area contributed by atoms with E-state index >= 15 is 0 Å². The minimum absolute atomic E-state index is 0.0473. The van der Waals surface area contributed by atoms with Gasteiger partial charge in [-0.3, -0.25) is 0 Å². The maximum absolute atomic E-state index is 10.9. The van der Waals surface area contributed by atoms with Crippen molar-refractivity contribution in [1.82, 2.24) is 8.75 Å². The molecule has 1 N–H and O–H groups in total. The smallest absolute Gasteiger partial charge is 0.357 e. The lowest BCUT2D eigenvalue weighted by Gasteiger charge is -2.00. The lowest BCUT2D eigenvalue weighted by molar-refractivity contribution is 0.0692. The fourth-order valence-electron chi connectivity index (χ4n) is 1.56. The Labute approximate surface area is 99.8 Å². The minimum Gasteiger partial charge on any atom is -0.476 e. The van der Waals surface area contributed by atoms with Crippen LogP contribution in [0.4, 0.5) is 0 Å². The van der Waals surface area contributed by atoms with Gasteiger partial charge in [0.2, 0.25) is 6.79 Å². The minimum atomic E-state index is -1.09. The maximum atomic E-state index is 10.9. The van der Waals surface area contributed by atoms with E-state index in [9.17, 15) is 4.79 Å². The van der Waals surface area contributed by atoms with Crippen molar-refractivity contribution < 1.29 is 19.4 Å². The molecule has 86 valence electrons. The average Bonchev–Trinajstić information content (AvgIpc) is 2.96. The number of carboxylic acid groups (broad SMARTS) is 1. The van der Waals surface area contributed by atoms with Gasteiger partial charge in [0.25, 0.3) is 0 Å². The zero-order chi connectivity index (χ0) is 11.8. The second kappa shape index (κ2) is 3.70. The summed E-state index contributed by atoms with van der Waals surface area (Å²) in [6.45, 7) is 0.180. The molecule has 0 unspecified atom stereocenters. The Balaban J connectivity index is 2.09. The summed E-state index contributed by atoms with van der Waals surface area (Å²) in [7, 11) is 0. The van der Waals surface area contributed by atoms with Crippen molar-refractivity contribution in [2.75, 3.05) is 6.79 Å². The predicted octanol–water partition coefficient (Wildman–Crippen LogP) is 1.63. The summed E-state index contributed by atoms with van der Waals surface area (Å²) in [5.41, 5.74) is 0.954. The second-order valence-corrected chi connectivity index (χ2v) is 3.86. The predicted molar refractivity (Wildman–Crippen MR) is 58.4 cm³/mol. The first-order chi connectivity index (χ1) is 8.25. The molecule has 3 rings (SSSR count). The van der Waals surface area contributed by atoms with Crippen molar-refractivity contribution in [3.05, 3.63) is 23.9 Å². The highest BCUT2D eigenvalue weighted by Gasteiger charge is 2.20. The number of carboxylic acids is 1. The number of hydrogen-bond acceptors (Lipinski definition) is 6. The Morgan fingerprint density at radius 2 is 2.12 bits per heavy atom. The molecule has 0 fully saturated rings. The number of fused-ring (bicyclic) bond motifs is 1. The van der Waals surface area contributed by atoms with Crippen molar-refractivity contribution in [3.8, 4) is 22.8 Å². The van der Waals surface area contributed by atoms with Gasteiger partial charge in [0.1, 0.15) is 5.69 Å². The summed E-state index contributed by atoms with van der Waals surface area (Å²) in [6.07, 6.45) is 0. The van der Waals surface area contributed by atoms with E-state index in [-0.39, 0.29) is 12.5 Å². The second-order valence-electron chi connectivity index (χ2n) is 3.33. The number of rotatable bonds is 2. The fourth-order valence-corrected chi connectivity index (χ4v) is 2.12. The fraction of sp³-hybridized carbons (Fsp3) is 0.100. The molecule has 0 amide bonds. The molecule has 1 aliphatic heterocycles. The lowest BCUT2D eigenvalue weighted by atomic mass is 10.1. The largest absolute Gasteiger partial charge is 0.476 e. The van der Waals surface area contributed by atoms with Gasteiger partial charge in [0.05, 0.1) is 11.7 Å². The van der Waals surface area contributed by atoms with Crippen LogP contribution < -0.4 is 9.47 Å². The van der Waals surface area contributed by atoms with Crippen molar-refractivity contribution in [1.29, 1.82) is 0 Å². The third-order valence-corrected chi connectivity index (χ3v) is 2.87. The van der Waals surface area contributed by atoms with Crippen LogP contribution in [0.15, 0.2) is 18.2 Å². The summed E-state index contributed by atoms with van der Waals surface area (Å²) in [5.74, 6) is 0.145. The van der Waals surface area contributed by atoms with Crippen molar-refractivity contribution in [2.45, 2.75) is 0 Å². The topological polar surface area (TPSA) is 81.5 Å². The van der Waals surface area contributed by atoms with E-state index in [1.807, 2.05) is 0 Å². The van der Waals surface area contributed by atoms with Gasteiger partial charge in [-0.15, -0.1) is 0 Å². The van der Waals surface area contributed by atoms with Crippen LogP contribution in [0.2, 0.25) is 0 Å². The Hall–Kier alpha value is -2.15. The Morgan fingerprint density at radius 3 is 2.94 bits per heavy atom. The molecule has 0 saturated carbocycles. The Bertz CT molecular complexity index is 596. The van der Waals surface area contributed by atoms with Crippen molar-refractivity contribution >= 4 is 17.7 Å². The van der Waals surface area contributed by atoms with E-state index < -0.39 is 5.97 Å². The maximum Gasteiger partial charge on any atom is 0.357 e. The molecule has 17 heavy (non-hydrogen) atoms. The zero-order valence-electron chi connectivity index (χ0n) is 8.41. The molecule has 1 aromatic heterocycles. The van der Waals surface area contributed by atoms with Gasteiger partial charge < -0.3 is 14.6 Å². The normalized spacial score (nSPS) is 12.7. The monoisotopic (exact) mass is 250 g/mol. The molecule has 1 aliphatic rings. The van der Waals surface area contributed by atoms with Crippen LogP contribution in [0, 0.1) is 0 Å². The molecule has 0 spiro atoms. The molecule has 2 heterocycles. The molecule has 7 heteroatoms. The first-order valence-corrected chi connectivity index (χ1v) is 5.44. The average molecular weight is 250 g/mol. The number of ether oxygens (including phenoxy) is 2. The molecular weight excluding hydrogens is 244 g/mol. The first kappa shape index (κ1) is 10.0. The zero-order valence-corrected chi connectivity index (χ0v) is 9.23. The van der Waals surface area contributed by atoms with E-state index in [1.54, 1.807) is 18.2 Å². The quantitative estimate of drug-likeness (QED) is 0.872. The summed E-state index contributed by atoms with van der Waals surface area (Å²) >= 11 is 0.870. The third kappa shape index (κ3) is 1.60. The van der Waals surface area contributed by atoms with E-state index in [1.165, 1.54) is 0 Å². The SMILES string of the molecule is O=C(O)c1nsnc1-c1ccc2c(c1)OCO2. The standard InChI is InChI=1S/C10H6N2O4S/c13-10(14)9-8(11-17-12-9)5-1-2-6-7(3-5)16-4-15-6/h1-3H,4H2,(H,13,14). The number of carbonyl (C=O) groups is 1. The summed E-state index contributed by atoms with van der Waals surface area (Å²) in [4.78, 5) is 10.9. The van der Waals surface area contributed by atoms with E-state index in [4.69, 9.17) is 14.6 Å². The number of aromatic carboxylic acids is 1. The molecule has 6 nitrogen and oxygen atoms in total. The number of benzene rings is 1. The van der Waals surface area contributed by atoms with Gasteiger partial charge in [0.15, 0.2) is 17.2 Å². The van der Waals surface area contributed by atoms with Crippen LogP contribution in [-0.4, -0.2) is 26.6 Å². The van der Waals surface area contributed by atoms with Gasteiger partial charge >= 0.3 is 5.97 Å². The summed E-state index contributed by atoms with van der Waals surface area (Å²) in [5, 5.41) is 8.96. The molecule has 0 atom stereocenters. The molecule has 0 radical (unpaired) electrons. The van der Waals surface area contributed by atoms with Crippen LogP contribution in [0.1, 0.15) is 10.5 Å². The van der Waals surface area contributed by atoms with Gasteiger partial charge in [-0.1, -0.05) is 0 Å². The molecule has 2 aromatic rings. The highest BCUT2D eigenvalue weighted by Crippen LogP contribution is 2.36. The van der Waals surface area contributed by atoms with Crippen LogP contribution in [-0.2, 0) is 0 Å². The highest BCUT2D eigenvalue weighted by atomic mass is 32.1. The molecule has 0 saturated heterocycles. The lowest BCUT2D eigenvalue weighted by Crippen LogP contribution is -1.98. The molecule has 0 bridgehead atoms. The van der Waals surface area contributed by atoms with Gasteiger partial charge in [-0.05, 0) is 18.2 Å². The highest BCUT2D eigenvalue weighted by molar-refractivity contribution is 6.99. The first-order valence-electron chi connectivity index (χ1n) is 4.71. The van der Waals surface area contributed by atoms with Crippen LogP contribution >= 0.6 is 11.7 Å². The van der Waals surface area contributed by atoms with E-state index in [2.05, 4.69) is 8.75 Å². The van der Waals surface area contributed by atoms with Crippen LogP contribution in [0.25, 0.3) is 11.3 Å². The summed E-state index contributed by atoms with van der Waals surface area (Å²) < 4.78 is 18.1. The number of aromatic nitrogens is 2. The van der Waals surface area contributed by atoms with E-state index in [0.29, 0.717) is 22.8 Å². The number of hydrogen-bond donors (Lipinski definition) is 1. The van der Waals surface area contributed by atoms with Crippen molar-refractivity contribution in [3.63, 3.8) is 0 Å². The van der Waals surface area contributed by atoms with Gasteiger partial charge in [0, 0.05) is 5.56 Å². The van der Waals surface area contributed by atoms with Crippen LogP contribution in [0.5, 0.6) is 11.5 Å². The van der Waals surface area contributed by atoms with E-state index in [0.717, 1.165) is 11.7 Å². The van der Waals surface area contributed by atoms with Crippen molar-refractivity contribution in [2.24, 2.45) is 0 Å². The Morgan fingerprint density at radius 1 is 1.29 bits per heavy atom. The van der Waals surface area contributed by atoms with Crippen LogP contribution in [0.3, 0.4) is 0 Å². The molecular formula is C10H6N2O4S. The van der Waals surface area contributed by atoms with Gasteiger partial charge in [-0.25, -0.2) is 4.79 Å². The third-order valence-electron chi connectivity index (χ3n) is 2.34. The molecule has 0 aliphatic carbocycles. The number of nitrogens with zero attached hydrogens (tertiary/aromatic N) is 2. The summed E-state index contributed by atoms with van der Waals surface area (Å²) in [6, 6.07) is 5.16. The molecule has 1 aromatic carbocycles. The van der Waals surface area contributed by atoms with Gasteiger partial charge in [-0.2, -0.15) is 8.75 Å².